The van der Waals surface area contributed by atoms with Crippen LogP contribution in [0, 0.1) is 0 Å². The van der Waals surface area contributed by atoms with Gasteiger partial charge in [-0.2, -0.15) is 0 Å². The molecule has 2 heterocycles. The van der Waals surface area contributed by atoms with Crippen LogP contribution < -0.4 is 5.32 Å². The monoisotopic (exact) mass is 363 g/mol. The maximum absolute atomic E-state index is 5.98. The van der Waals surface area contributed by atoms with Crippen molar-refractivity contribution in [3.8, 4) is 0 Å². The molecule has 0 saturated heterocycles. The number of hydrogen-bond donors (Lipinski definition) is 1. The van der Waals surface area contributed by atoms with Crippen LogP contribution >= 0.6 is 27.5 Å². The summed E-state index contributed by atoms with van der Waals surface area (Å²) in [6.45, 7) is 2.86. The highest BCUT2D eigenvalue weighted by Crippen LogP contribution is 2.23. The molecule has 0 fully saturated rings. The molecule has 5 heteroatoms. The number of benzene rings is 1. The van der Waals surface area contributed by atoms with Crippen molar-refractivity contribution in [2.75, 3.05) is 0 Å². The summed E-state index contributed by atoms with van der Waals surface area (Å²) in [4.78, 5) is 4.57. The van der Waals surface area contributed by atoms with Crippen LogP contribution in [0.25, 0.3) is 5.65 Å². The van der Waals surface area contributed by atoms with Gasteiger partial charge in [-0.1, -0.05) is 45.7 Å². The van der Waals surface area contributed by atoms with E-state index in [0.29, 0.717) is 11.6 Å². The van der Waals surface area contributed by atoms with Crippen LogP contribution in [0.5, 0.6) is 0 Å². The molecule has 1 N–H and O–H groups in total. The normalized spacial score (nSPS) is 12.7. The molecule has 1 aromatic carbocycles. The van der Waals surface area contributed by atoms with Crippen LogP contribution in [0.2, 0.25) is 5.02 Å². The summed E-state index contributed by atoms with van der Waals surface area (Å²) in [6.07, 6.45) is 3.87. The Bertz CT molecular complexity index is 769. The van der Waals surface area contributed by atoms with Gasteiger partial charge in [0.2, 0.25) is 0 Å². The third-order valence-electron chi connectivity index (χ3n) is 3.43. The number of rotatable bonds is 4. The number of pyridine rings is 1. The predicted octanol–water partition coefficient (Wildman–Crippen LogP) is 4.60. The number of halogens is 2. The number of fused-ring (bicyclic) bond motifs is 1. The van der Waals surface area contributed by atoms with Gasteiger partial charge in [0.1, 0.15) is 5.65 Å². The van der Waals surface area contributed by atoms with Crippen LogP contribution in [-0.2, 0) is 6.54 Å². The first-order chi connectivity index (χ1) is 10.1. The van der Waals surface area contributed by atoms with E-state index >= 15 is 0 Å². The molecule has 108 valence electrons. The van der Waals surface area contributed by atoms with E-state index in [-0.39, 0.29) is 6.04 Å². The second-order valence-electron chi connectivity index (χ2n) is 4.97. The van der Waals surface area contributed by atoms with Gasteiger partial charge < -0.3 is 9.72 Å². The van der Waals surface area contributed by atoms with Crippen molar-refractivity contribution in [3.63, 3.8) is 0 Å². The minimum atomic E-state index is 0.244. The molecule has 0 saturated carbocycles. The predicted molar refractivity (Wildman–Crippen MR) is 89.6 cm³/mol. The SMILES string of the molecule is C[C@@H](NCc1cn2cc(Cl)ccc2n1)c1ccccc1Br. The first-order valence-corrected chi connectivity index (χ1v) is 7.91. The van der Waals surface area contributed by atoms with Gasteiger partial charge in [0.05, 0.1) is 10.7 Å². The largest absolute Gasteiger partial charge is 0.305 e. The maximum Gasteiger partial charge on any atom is 0.137 e. The van der Waals surface area contributed by atoms with Gasteiger partial charge in [-0.05, 0) is 30.7 Å². The number of hydrogen-bond acceptors (Lipinski definition) is 2. The molecule has 0 aliphatic rings. The minimum absolute atomic E-state index is 0.244. The van der Waals surface area contributed by atoms with Crippen LogP contribution in [0.1, 0.15) is 24.2 Å². The Kier molecular flexibility index (Phi) is 4.29. The second-order valence-corrected chi connectivity index (χ2v) is 6.26. The van der Waals surface area contributed by atoms with Crippen molar-refractivity contribution in [3.05, 3.63) is 69.5 Å². The lowest BCUT2D eigenvalue weighted by Gasteiger charge is -2.14. The number of imidazole rings is 1. The van der Waals surface area contributed by atoms with E-state index in [1.54, 1.807) is 0 Å². The summed E-state index contributed by atoms with van der Waals surface area (Å²) in [5.41, 5.74) is 3.14. The molecule has 3 aromatic rings. The van der Waals surface area contributed by atoms with E-state index < -0.39 is 0 Å². The van der Waals surface area contributed by atoms with Gasteiger partial charge in [-0.15, -0.1) is 0 Å². The highest BCUT2D eigenvalue weighted by atomic mass is 79.9. The van der Waals surface area contributed by atoms with E-state index in [9.17, 15) is 0 Å². The van der Waals surface area contributed by atoms with E-state index in [1.165, 1.54) is 5.56 Å². The third kappa shape index (κ3) is 3.28. The summed E-state index contributed by atoms with van der Waals surface area (Å²) in [5, 5.41) is 4.20. The van der Waals surface area contributed by atoms with E-state index in [1.807, 2.05) is 41.1 Å². The topological polar surface area (TPSA) is 29.3 Å². The zero-order valence-electron chi connectivity index (χ0n) is 11.6. The molecule has 2 aromatic heterocycles. The standard InChI is InChI=1S/C16H15BrClN3/c1-11(14-4-2-3-5-15(14)17)19-8-13-10-21-9-12(18)6-7-16(21)20-13/h2-7,9-11,19H,8H2,1H3/t11-/m1/s1. The molecule has 3 rings (SSSR count). The molecule has 0 bridgehead atoms. The molecule has 3 nitrogen and oxygen atoms in total. The van der Waals surface area contributed by atoms with E-state index in [2.05, 4.69) is 45.3 Å². The Labute approximate surface area is 137 Å². The molecule has 1 atom stereocenters. The Morgan fingerprint density at radius 2 is 2.05 bits per heavy atom. The quantitative estimate of drug-likeness (QED) is 0.733. The highest BCUT2D eigenvalue weighted by Gasteiger charge is 2.09. The summed E-state index contributed by atoms with van der Waals surface area (Å²) < 4.78 is 3.06. The number of nitrogens with one attached hydrogen (secondary N) is 1. The van der Waals surface area contributed by atoms with Gasteiger partial charge in [0.15, 0.2) is 0 Å². The molecule has 0 amide bonds. The Morgan fingerprint density at radius 1 is 1.24 bits per heavy atom. The van der Waals surface area contributed by atoms with Gasteiger partial charge in [-0.25, -0.2) is 4.98 Å². The Morgan fingerprint density at radius 3 is 2.86 bits per heavy atom. The average molecular weight is 365 g/mol. The number of nitrogens with zero attached hydrogens (tertiary/aromatic N) is 2. The minimum Gasteiger partial charge on any atom is -0.305 e. The fraction of sp³-hybridized carbons (Fsp3) is 0.188. The van der Waals surface area contributed by atoms with Gasteiger partial charge >= 0.3 is 0 Å². The summed E-state index contributed by atoms with van der Waals surface area (Å²) in [7, 11) is 0. The van der Waals surface area contributed by atoms with E-state index in [4.69, 9.17) is 11.6 Å². The third-order valence-corrected chi connectivity index (χ3v) is 4.37. The second kappa shape index (κ2) is 6.18. The highest BCUT2D eigenvalue weighted by molar-refractivity contribution is 9.10. The van der Waals surface area contributed by atoms with Crippen molar-refractivity contribution >= 4 is 33.2 Å². The molecule has 0 spiro atoms. The van der Waals surface area contributed by atoms with Crippen LogP contribution in [0.15, 0.2) is 53.3 Å². The molecule has 0 aliphatic heterocycles. The fourth-order valence-corrected chi connectivity index (χ4v) is 3.09. The van der Waals surface area contributed by atoms with Crippen LogP contribution in [-0.4, -0.2) is 9.38 Å². The fourth-order valence-electron chi connectivity index (χ4n) is 2.30. The molecular weight excluding hydrogens is 350 g/mol. The summed E-state index contributed by atoms with van der Waals surface area (Å²) in [5.74, 6) is 0. The van der Waals surface area contributed by atoms with E-state index in [0.717, 1.165) is 15.8 Å². The maximum atomic E-state index is 5.98. The Hall–Kier alpha value is -1.36. The van der Waals surface area contributed by atoms with Gasteiger partial charge in [0.25, 0.3) is 0 Å². The lowest BCUT2D eigenvalue weighted by Crippen LogP contribution is -2.18. The van der Waals surface area contributed by atoms with Crippen LogP contribution in [0.4, 0.5) is 0 Å². The zero-order chi connectivity index (χ0) is 14.8. The molecule has 0 aliphatic carbocycles. The molecule has 0 radical (unpaired) electrons. The smallest absolute Gasteiger partial charge is 0.137 e. The summed E-state index contributed by atoms with van der Waals surface area (Å²) >= 11 is 9.57. The Balaban J connectivity index is 1.73. The van der Waals surface area contributed by atoms with Gasteiger partial charge in [-0.3, -0.25) is 0 Å². The van der Waals surface area contributed by atoms with Crippen LogP contribution in [0.3, 0.4) is 0 Å². The lowest BCUT2D eigenvalue weighted by atomic mass is 10.1. The average Bonchev–Trinajstić information content (AvgIpc) is 2.87. The lowest BCUT2D eigenvalue weighted by molar-refractivity contribution is 0.567. The van der Waals surface area contributed by atoms with Crippen molar-refractivity contribution < 1.29 is 0 Å². The van der Waals surface area contributed by atoms with Crippen molar-refractivity contribution in [2.45, 2.75) is 19.5 Å². The van der Waals surface area contributed by atoms with Gasteiger partial charge in [0, 0.05) is 29.5 Å². The first-order valence-electron chi connectivity index (χ1n) is 6.74. The first kappa shape index (κ1) is 14.6. The van der Waals surface area contributed by atoms with Crippen molar-refractivity contribution in [2.24, 2.45) is 0 Å². The van der Waals surface area contributed by atoms with Crippen molar-refractivity contribution in [1.29, 1.82) is 0 Å². The number of aromatic nitrogens is 2. The molecule has 0 unspecified atom stereocenters. The summed E-state index contributed by atoms with van der Waals surface area (Å²) in [6, 6.07) is 12.3. The molecular formula is C16H15BrClN3. The zero-order valence-corrected chi connectivity index (χ0v) is 13.9. The molecule has 21 heavy (non-hydrogen) atoms. The van der Waals surface area contributed by atoms with Crippen molar-refractivity contribution in [1.82, 2.24) is 14.7 Å².